The highest BCUT2D eigenvalue weighted by Crippen LogP contribution is 2.32. The molecule has 0 bridgehead atoms. The van der Waals surface area contributed by atoms with Crippen molar-refractivity contribution in [3.63, 3.8) is 0 Å². The highest BCUT2D eigenvalue weighted by atomic mass is 16.5. The summed E-state index contributed by atoms with van der Waals surface area (Å²) in [5.41, 5.74) is 0. The van der Waals surface area contributed by atoms with Crippen LogP contribution in [0.15, 0.2) is 0 Å². The fraction of sp³-hybridized carbons (Fsp3) is 0.933. The molecule has 0 aromatic rings. The van der Waals surface area contributed by atoms with E-state index in [1.54, 1.807) is 0 Å². The largest absolute Gasteiger partial charge is 0.374 e. The lowest BCUT2D eigenvalue weighted by Crippen LogP contribution is -2.45. The van der Waals surface area contributed by atoms with E-state index in [2.05, 4.69) is 31.4 Å². The van der Waals surface area contributed by atoms with Crippen LogP contribution in [0.2, 0.25) is 0 Å². The molecule has 1 amide bonds. The van der Waals surface area contributed by atoms with Gasteiger partial charge in [0.1, 0.15) is 0 Å². The third-order valence-electron chi connectivity index (χ3n) is 5.07. The average Bonchev–Trinajstić information content (AvgIpc) is 2.62. The van der Waals surface area contributed by atoms with Gasteiger partial charge in [-0.1, -0.05) is 13.8 Å². The molecule has 2 N–H and O–H groups in total. The summed E-state index contributed by atoms with van der Waals surface area (Å²) in [5, 5.41) is 6.55. The fourth-order valence-electron chi connectivity index (χ4n) is 3.40. The smallest absolute Gasteiger partial charge is 0.226 e. The first kappa shape index (κ1) is 14.8. The van der Waals surface area contributed by atoms with Gasteiger partial charge in [0.25, 0.3) is 0 Å². The molecule has 4 heteroatoms. The minimum absolute atomic E-state index is 0.00172. The summed E-state index contributed by atoms with van der Waals surface area (Å²) < 4.78 is 5.75. The van der Waals surface area contributed by atoms with E-state index in [0.29, 0.717) is 17.8 Å². The molecular formula is C15H28N2O2. The molecule has 0 radical (unpaired) electrons. The van der Waals surface area contributed by atoms with Crippen molar-refractivity contribution in [3.8, 4) is 0 Å². The van der Waals surface area contributed by atoms with Gasteiger partial charge in [0.2, 0.25) is 5.91 Å². The van der Waals surface area contributed by atoms with E-state index in [-0.39, 0.29) is 24.0 Å². The summed E-state index contributed by atoms with van der Waals surface area (Å²) >= 11 is 0. The van der Waals surface area contributed by atoms with Crippen molar-refractivity contribution in [2.75, 3.05) is 19.6 Å². The number of carbonyl (C=O) groups excluding carboxylic acids is 1. The first-order valence-corrected chi connectivity index (χ1v) is 7.64. The summed E-state index contributed by atoms with van der Waals surface area (Å²) in [4.78, 5) is 12.3. The molecule has 0 aromatic carbocycles. The SMILES string of the molecule is CC1CCNCC1CNC(=O)C1C(C)OC(C)C1C. The summed E-state index contributed by atoms with van der Waals surface area (Å²) in [7, 11) is 0. The number of hydrogen-bond donors (Lipinski definition) is 2. The van der Waals surface area contributed by atoms with Gasteiger partial charge in [0, 0.05) is 6.54 Å². The molecule has 0 aromatic heterocycles. The summed E-state index contributed by atoms with van der Waals surface area (Å²) in [5.74, 6) is 1.72. The topological polar surface area (TPSA) is 50.4 Å². The Morgan fingerprint density at radius 1 is 1.26 bits per heavy atom. The van der Waals surface area contributed by atoms with Gasteiger partial charge in [-0.3, -0.25) is 4.79 Å². The van der Waals surface area contributed by atoms with Crippen LogP contribution in [0.3, 0.4) is 0 Å². The molecule has 2 fully saturated rings. The zero-order chi connectivity index (χ0) is 14.0. The Morgan fingerprint density at radius 3 is 2.58 bits per heavy atom. The Morgan fingerprint density at radius 2 is 2.00 bits per heavy atom. The summed E-state index contributed by atoms with van der Waals surface area (Å²) in [6, 6.07) is 0. The van der Waals surface area contributed by atoms with Crippen LogP contribution in [0.25, 0.3) is 0 Å². The van der Waals surface area contributed by atoms with E-state index in [1.165, 1.54) is 6.42 Å². The lowest BCUT2D eigenvalue weighted by atomic mass is 9.86. The van der Waals surface area contributed by atoms with Crippen LogP contribution in [0.4, 0.5) is 0 Å². The molecule has 0 spiro atoms. The molecule has 0 saturated carbocycles. The van der Waals surface area contributed by atoms with Crippen molar-refractivity contribution in [1.29, 1.82) is 0 Å². The van der Waals surface area contributed by atoms with Crippen molar-refractivity contribution in [2.45, 2.75) is 46.3 Å². The predicted octanol–water partition coefficient (Wildman–Crippen LogP) is 1.41. The maximum absolute atomic E-state index is 12.3. The van der Waals surface area contributed by atoms with Gasteiger partial charge in [0.05, 0.1) is 18.1 Å². The highest BCUT2D eigenvalue weighted by Gasteiger charge is 2.41. The number of amides is 1. The number of ether oxygens (including phenoxy) is 1. The van der Waals surface area contributed by atoms with E-state index in [1.807, 2.05) is 6.92 Å². The Bertz CT molecular complexity index is 321. The lowest BCUT2D eigenvalue weighted by molar-refractivity contribution is -0.127. The van der Waals surface area contributed by atoms with Crippen molar-refractivity contribution < 1.29 is 9.53 Å². The Balaban J connectivity index is 1.84. The molecule has 2 rings (SSSR count). The zero-order valence-electron chi connectivity index (χ0n) is 12.6. The monoisotopic (exact) mass is 268 g/mol. The maximum Gasteiger partial charge on any atom is 0.226 e. The fourth-order valence-corrected chi connectivity index (χ4v) is 3.40. The van der Waals surface area contributed by atoms with Gasteiger partial charge in [-0.25, -0.2) is 0 Å². The van der Waals surface area contributed by atoms with E-state index in [4.69, 9.17) is 4.74 Å². The highest BCUT2D eigenvalue weighted by molar-refractivity contribution is 5.79. The summed E-state index contributed by atoms with van der Waals surface area (Å²) in [6.07, 6.45) is 1.42. The van der Waals surface area contributed by atoms with E-state index >= 15 is 0 Å². The van der Waals surface area contributed by atoms with Crippen molar-refractivity contribution in [1.82, 2.24) is 10.6 Å². The van der Waals surface area contributed by atoms with E-state index in [9.17, 15) is 4.79 Å². The molecule has 6 unspecified atom stereocenters. The molecular weight excluding hydrogens is 240 g/mol. The molecule has 4 nitrogen and oxygen atoms in total. The second kappa shape index (κ2) is 6.23. The first-order valence-electron chi connectivity index (χ1n) is 7.64. The maximum atomic E-state index is 12.3. The van der Waals surface area contributed by atoms with Crippen molar-refractivity contribution >= 4 is 5.91 Å². The predicted molar refractivity (Wildman–Crippen MR) is 75.8 cm³/mol. The zero-order valence-corrected chi connectivity index (χ0v) is 12.6. The summed E-state index contributed by atoms with van der Waals surface area (Å²) in [6.45, 7) is 11.4. The van der Waals surface area contributed by atoms with Crippen LogP contribution in [0.1, 0.15) is 34.1 Å². The minimum Gasteiger partial charge on any atom is -0.374 e. The minimum atomic E-state index is 0.00172. The Kier molecular flexibility index (Phi) is 4.85. The van der Waals surface area contributed by atoms with Crippen LogP contribution < -0.4 is 10.6 Å². The van der Waals surface area contributed by atoms with Gasteiger partial charge >= 0.3 is 0 Å². The van der Waals surface area contributed by atoms with Crippen molar-refractivity contribution in [2.24, 2.45) is 23.7 Å². The number of nitrogens with one attached hydrogen (secondary N) is 2. The second-order valence-corrected chi connectivity index (χ2v) is 6.41. The van der Waals surface area contributed by atoms with Crippen LogP contribution in [0, 0.1) is 23.7 Å². The molecule has 110 valence electrons. The molecule has 0 aliphatic carbocycles. The number of hydrogen-bond acceptors (Lipinski definition) is 3. The quantitative estimate of drug-likeness (QED) is 0.813. The number of rotatable bonds is 3. The molecule has 6 atom stereocenters. The molecule has 19 heavy (non-hydrogen) atoms. The normalized spacial score (nSPS) is 43.2. The van der Waals surface area contributed by atoms with Gasteiger partial charge < -0.3 is 15.4 Å². The molecule has 2 saturated heterocycles. The third kappa shape index (κ3) is 3.29. The van der Waals surface area contributed by atoms with Gasteiger partial charge in [-0.2, -0.15) is 0 Å². The standard InChI is InChI=1S/C15H28N2O2/c1-9-5-6-16-7-13(9)8-17-15(18)14-10(2)11(3)19-12(14)4/h9-14,16H,5-8H2,1-4H3,(H,17,18). The van der Waals surface area contributed by atoms with E-state index in [0.717, 1.165) is 19.6 Å². The third-order valence-corrected chi connectivity index (χ3v) is 5.07. The molecule has 2 heterocycles. The lowest BCUT2D eigenvalue weighted by Gasteiger charge is -2.30. The van der Waals surface area contributed by atoms with E-state index < -0.39 is 0 Å². The molecule has 2 aliphatic heterocycles. The van der Waals surface area contributed by atoms with Crippen LogP contribution >= 0.6 is 0 Å². The Hall–Kier alpha value is -0.610. The number of carbonyl (C=O) groups is 1. The van der Waals surface area contributed by atoms with Crippen molar-refractivity contribution in [3.05, 3.63) is 0 Å². The number of piperidine rings is 1. The average molecular weight is 268 g/mol. The van der Waals surface area contributed by atoms with Crippen LogP contribution in [-0.2, 0) is 9.53 Å². The molecule has 2 aliphatic rings. The van der Waals surface area contributed by atoms with Gasteiger partial charge in [-0.15, -0.1) is 0 Å². The van der Waals surface area contributed by atoms with Crippen LogP contribution in [-0.4, -0.2) is 37.7 Å². The van der Waals surface area contributed by atoms with Crippen LogP contribution in [0.5, 0.6) is 0 Å². The Labute approximate surface area is 116 Å². The first-order chi connectivity index (χ1) is 9.00. The second-order valence-electron chi connectivity index (χ2n) is 6.41. The van der Waals surface area contributed by atoms with Gasteiger partial charge in [0.15, 0.2) is 0 Å². The van der Waals surface area contributed by atoms with Gasteiger partial charge in [-0.05, 0) is 51.1 Å².